The lowest BCUT2D eigenvalue weighted by molar-refractivity contribution is -0.337. The van der Waals surface area contributed by atoms with Gasteiger partial charge in [0.05, 0.1) is 46.1 Å². The molecule has 2 aromatic rings. The van der Waals surface area contributed by atoms with Gasteiger partial charge in [-0.05, 0) is 62.6 Å². The summed E-state index contributed by atoms with van der Waals surface area (Å²) in [6.07, 6.45) is 1.31. The Balaban J connectivity index is 1.20. The van der Waals surface area contributed by atoms with Gasteiger partial charge in [0.1, 0.15) is 16.8 Å². The van der Waals surface area contributed by atoms with Crippen LogP contribution in [0.2, 0.25) is 0 Å². The van der Waals surface area contributed by atoms with Crippen LogP contribution in [0.25, 0.3) is 0 Å². The van der Waals surface area contributed by atoms with Gasteiger partial charge in [0.25, 0.3) is 10.0 Å². The van der Waals surface area contributed by atoms with Crippen LogP contribution in [0.4, 0.5) is 5.69 Å². The Morgan fingerprint density at radius 2 is 1.84 bits per heavy atom. The standard InChI is InChI=1S/C37H45N3O9S/c1-5-40-20-34(49-33(41)23-11-6-7-12-26(23)39-50(44,45)22-10-8-9-21(15-22)19-38)14-13-30(47-3)36-28(34)17-25(31(36)40)35(42)18-27(46-2)24-16-29(36)37(35,43)32(24)48-4/h6-12,15,24-25,27-32,39,42-43H,5,13-14,16-18,20H2,1-4H3/t24-,25+,27+,28-,29+,30+,31?,32+,34-,35+,36+,37+/m1/s1. The molecule has 50 heavy (non-hydrogen) atoms. The second-order valence-electron chi connectivity index (χ2n) is 15.2. The molecule has 6 fully saturated rings. The minimum Gasteiger partial charge on any atom is -0.454 e. The molecule has 0 radical (unpaired) electrons. The molecule has 7 bridgehead atoms. The van der Waals surface area contributed by atoms with Crippen molar-refractivity contribution < 1.29 is 42.4 Å². The highest BCUT2D eigenvalue weighted by Gasteiger charge is 2.89. The maximum Gasteiger partial charge on any atom is 0.340 e. The van der Waals surface area contributed by atoms with Crippen LogP contribution in [0.3, 0.4) is 0 Å². The van der Waals surface area contributed by atoms with Crippen LogP contribution < -0.4 is 4.72 Å². The average Bonchev–Trinajstić information content (AvgIpc) is 3.54. The number of rotatable bonds is 9. The number of likely N-dealkylation sites (tertiary alicyclic amines) is 1. The van der Waals surface area contributed by atoms with Gasteiger partial charge >= 0.3 is 5.97 Å². The first kappa shape index (κ1) is 34.0. The van der Waals surface area contributed by atoms with Gasteiger partial charge in [-0.2, -0.15) is 5.26 Å². The van der Waals surface area contributed by atoms with Crippen molar-refractivity contribution in [2.24, 2.45) is 29.1 Å². The van der Waals surface area contributed by atoms with Crippen LogP contribution >= 0.6 is 0 Å². The van der Waals surface area contributed by atoms with E-state index >= 15 is 0 Å². The van der Waals surface area contributed by atoms with E-state index in [0.717, 1.165) is 0 Å². The largest absolute Gasteiger partial charge is 0.454 e. The number of piperidine rings is 1. The Morgan fingerprint density at radius 1 is 1.06 bits per heavy atom. The van der Waals surface area contributed by atoms with Crippen LogP contribution in [0.1, 0.15) is 54.9 Å². The zero-order chi connectivity index (χ0) is 35.4. The molecule has 1 aliphatic heterocycles. The molecule has 0 aromatic heterocycles. The van der Waals surface area contributed by atoms with Crippen molar-refractivity contribution in [3.05, 3.63) is 59.7 Å². The second-order valence-corrected chi connectivity index (χ2v) is 16.9. The molecule has 12 atom stereocenters. The lowest BCUT2D eigenvalue weighted by Gasteiger charge is -2.70. The van der Waals surface area contributed by atoms with Gasteiger partial charge in [-0.3, -0.25) is 9.62 Å². The number of esters is 1. The Bertz CT molecular complexity index is 1870. The van der Waals surface area contributed by atoms with E-state index < -0.39 is 50.2 Å². The highest BCUT2D eigenvalue weighted by atomic mass is 32.2. The van der Waals surface area contributed by atoms with Gasteiger partial charge in [-0.15, -0.1) is 0 Å². The topological polar surface area (TPSA) is 168 Å². The summed E-state index contributed by atoms with van der Waals surface area (Å²) in [6.45, 7) is 3.15. The van der Waals surface area contributed by atoms with Gasteiger partial charge in [-0.1, -0.05) is 25.1 Å². The number of likely N-dealkylation sites (N-methyl/N-ethyl adjacent to an activating group) is 1. The summed E-state index contributed by atoms with van der Waals surface area (Å²) in [5.74, 6) is -1.80. The van der Waals surface area contributed by atoms with Crippen molar-refractivity contribution in [3.63, 3.8) is 0 Å². The first-order valence-corrected chi connectivity index (χ1v) is 19.0. The predicted molar refractivity (Wildman–Crippen MR) is 179 cm³/mol. The van der Waals surface area contributed by atoms with Crippen LogP contribution in [-0.4, -0.2) is 105 Å². The van der Waals surface area contributed by atoms with Gasteiger partial charge in [0.2, 0.25) is 0 Å². The monoisotopic (exact) mass is 707 g/mol. The molecule has 8 rings (SSSR count). The number of nitrogens with zero attached hydrogens (tertiary/aromatic N) is 2. The van der Waals surface area contributed by atoms with Gasteiger partial charge < -0.3 is 29.2 Å². The van der Waals surface area contributed by atoms with Crippen molar-refractivity contribution in [1.29, 1.82) is 5.26 Å². The molecular weight excluding hydrogens is 662 g/mol. The zero-order valence-corrected chi connectivity index (χ0v) is 29.6. The van der Waals surface area contributed by atoms with E-state index in [1.54, 1.807) is 39.5 Å². The van der Waals surface area contributed by atoms with E-state index in [0.29, 0.717) is 38.8 Å². The number of carbonyl (C=O) groups is 1. The Kier molecular flexibility index (Phi) is 7.79. The summed E-state index contributed by atoms with van der Waals surface area (Å²) in [6, 6.07) is 13.9. The number of fused-ring (bicyclic) bond motifs is 2. The number of anilines is 1. The Labute approximate surface area is 292 Å². The molecule has 1 spiro atoms. The molecule has 1 saturated heterocycles. The zero-order valence-electron chi connectivity index (χ0n) is 28.7. The maximum absolute atomic E-state index is 14.4. The number of ether oxygens (including phenoxy) is 4. The number of carbonyl (C=O) groups excluding carboxylic acids is 1. The number of nitrogens with one attached hydrogen (secondary N) is 1. The smallest absolute Gasteiger partial charge is 0.340 e. The van der Waals surface area contributed by atoms with E-state index in [2.05, 4.69) is 16.5 Å². The number of aliphatic hydroxyl groups is 2. The van der Waals surface area contributed by atoms with Crippen LogP contribution in [0.5, 0.6) is 0 Å². The fourth-order valence-electron chi connectivity index (χ4n) is 12.3. The molecule has 13 heteroatoms. The summed E-state index contributed by atoms with van der Waals surface area (Å²) in [5.41, 5.74) is -4.38. The summed E-state index contributed by atoms with van der Waals surface area (Å²) in [7, 11) is 0.811. The molecule has 12 nitrogen and oxygen atoms in total. The molecular formula is C37H45N3O9S. The lowest BCUT2D eigenvalue weighted by Crippen LogP contribution is -2.83. The first-order valence-electron chi connectivity index (χ1n) is 17.5. The fraction of sp³-hybridized carbons (Fsp3) is 0.622. The molecule has 0 amide bonds. The van der Waals surface area contributed by atoms with E-state index in [1.165, 1.54) is 30.3 Å². The summed E-state index contributed by atoms with van der Waals surface area (Å²) in [4.78, 5) is 16.7. The molecule has 6 aliphatic rings. The van der Waals surface area contributed by atoms with Crippen molar-refractivity contribution in [2.75, 3.05) is 39.1 Å². The Morgan fingerprint density at radius 3 is 2.54 bits per heavy atom. The van der Waals surface area contributed by atoms with E-state index in [1.807, 2.05) is 6.07 Å². The molecule has 268 valence electrons. The highest BCUT2D eigenvalue weighted by molar-refractivity contribution is 7.92. The molecule has 1 heterocycles. The SMILES string of the molecule is CCN1C[C@]2(OC(=O)c3ccccc3NS(=O)(=O)c3cccc(C#N)c3)CC[C@H](OC)[C@]34C1[C@H](C[C@H]23)[C@@]1(O)C[C@H](OC)[C@H]2C[C@@H]4[C@]1(O)[C@H]2OC. The third-order valence-corrected chi connectivity index (χ3v) is 15.2. The summed E-state index contributed by atoms with van der Waals surface area (Å²) in [5, 5.41) is 35.2. The summed E-state index contributed by atoms with van der Waals surface area (Å²) >= 11 is 0. The van der Waals surface area contributed by atoms with E-state index in [4.69, 9.17) is 18.9 Å². The number of sulfonamides is 1. The third kappa shape index (κ3) is 4.12. The minimum atomic E-state index is -4.15. The average molecular weight is 708 g/mol. The van der Waals surface area contributed by atoms with Crippen LogP contribution in [0.15, 0.2) is 53.4 Å². The third-order valence-electron chi connectivity index (χ3n) is 13.8. The molecule has 2 aromatic carbocycles. The van der Waals surface area contributed by atoms with Crippen molar-refractivity contribution >= 4 is 21.7 Å². The molecule has 3 N–H and O–H groups in total. The number of benzene rings is 2. The summed E-state index contributed by atoms with van der Waals surface area (Å²) < 4.78 is 54.6. The highest BCUT2D eigenvalue weighted by Crippen LogP contribution is 2.79. The minimum absolute atomic E-state index is 0.0630. The Hall–Kier alpha value is -3.09. The van der Waals surface area contributed by atoms with Gasteiger partial charge in [0.15, 0.2) is 0 Å². The second kappa shape index (κ2) is 11.5. The fourth-order valence-corrected chi connectivity index (χ4v) is 13.5. The molecule has 5 aliphatic carbocycles. The number of para-hydroxylation sites is 1. The predicted octanol–water partition coefficient (Wildman–Crippen LogP) is 2.94. The maximum atomic E-state index is 14.4. The van der Waals surface area contributed by atoms with E-state index in [9.17, 15) is 28.7 Å². The van der Waals surface area contributed by atoms with Gasteiger partial charge in [0, 0.05) is 69.4 Å². The van der Waals surface area contributed by atoms with Gasteiger partial charge in [-0.25, -0.2) is 13.2 Å². The molecule has 5 saturated carbocycles. The van der Waals surface area contributed by atoms with Crippen LogP contribution in [-0.2, 0) is 29.0 Å². The number of nitriles is 1. The normalized spacial score (nSPS) is 42.5. The van der Waals surface area contributed by atoms with Crippen molar-refractivity contribution in [3.8, 4) is 6.07 Å². The van der Waals surface area contributed by atoms with E-state index in [-0.39, 0.29) is 64.1 Å². The molecule has 1 unspecified atom stereocenters. The van der Waals surface area contributed by atoms with Crippen molar-refractivity contribution in [2.45, 2.75) is 85.1 Å². The number of hydrogen-bond donors (Lipinski definition) is 3. The number of methoxy groups -OCH3 is 3. The first-order chi connectivity index (χ1) is 23.9. The van der Waals surface area contributed by atoms with Crippen LogP contribution in [0, 0.1) is 40.4 Å². The lowest BCUT2D eigenvalue weighted by atomic mass is 9.44. The van der Waals surface area contributed by atoms with Crippen molar-refractivity contribution in [1.82, 2.24) is 4.90 Å². The quantitative estimate of drug-likeness (QED) is 0.328. The number of hydrogen-bond acceptors (Lipinski definition) is 11.